The lowest BCUT2D eigenvalue weighted by Gasteiger charge is -2.29. The number of thioether (sulfide) groups is 1. The minimum atomic E-state index is 0.00732. The highest BCUT2D eigenvalue weighted by atomic mass is 32.2. The molecule has 3 heterocycles. The van der Waals surface area contributed by atoms with Crippen LogP contribution in [0.25, 0.3) is 11.3 Å². The van der Waals surface area contributed by atoms with Gasteiger partial charge in [0.05, 0.1) is 31.2 Å². The van der Waals surface area contributed by atoms with Crippen molar-refractivity contribution in [1.82, 2.24) is 14.9 Å². The minimum absolute atomic E-state index is 0.00732. The van der Waals surface area contributed by atoms with Crippen molar-refractivity contribution in [2.24, 2.45) is 0 Å². The van der Waals surface area contributed by atoms with Gasteiger partial charge in [0.1, 0.15) is 11.1 Å². The number of carbonyl (C=O) groups is 1. The number of hydrogen-bond donors (Lipinski definition) is 0. The standard InChI is InChI=1S/C24H22N4O3S/c1-30-21-10-16-7-9-28(14-19(16)11-22(21)31-2)23(29)15-32-24-17(12-25)5-6-20(27-24)18-4-3-8-26-13-18/h3-6,8,10-11,13H,7,9,14-15H2,1-2H3. The lowest BCUT2D eigenvalue weighted by Crippen LogP contribution is -2.37. The first-order valence-electron chi connectivity index (χ1n) is 10.1. The number of benzene rings is 1. The first-order chi connectivity index (χ1) is 15.6. The number of hydrogen-bond acceptors (Lipinski definition) is 7. The first kappa shape index (κ1) is 21.7. The molecule has 4 rings (SSSR count). The largest absolute Gasteiger partial charge is 0.493 e. The number of fused-ring (bicyclic) bond motifs is 1. The van der Waals surface area contributed by atoms with Gasteiger partial charge in [0.15, 0.2) is 11.5 Å². The maximum atomic E-state index is 12.9. The van der Waals surface area contributed by atoms with E-state index in [4.69, 9.17) is 9.47 Å². The van der Waals surface area contributed by atoms with Crippen molar-refractivity contribution < 1.29 is 14.3 Å². The van der Waals surface area contributed by atoms with Crippen molar-refractivity contribution in [3.8, 4) is 28.8 Å². The number of nitrogens with zero attached hydrogens (tertiary/aromatic N) is 4. The second kappa shape index (κ2) is 9.71. The summed E-state index contributed by atoms with van der Waals surface area (Å²) in [4.78, 5) is 23.5. The van der Waals surface area contributed by atoms with Gasteiger partial charge in [-0.05, 0) is 53.9 Å². The lowest BCUT2D eigenvalue weighted by atomic mass is 9.99. The van der Waals surface area contributed by atoms with Crippen LogP contribution in [0.1, 0.15) is 16.7 Å². The van der Waals surface area contributed by atoms with Crippen LogP contribution in [0.5, 0.6) is 11.5 Å². The van der Waals surface area contributed by atoms with Crippen molar-refractivity contribution in [2.75, 3.05) is 26.5 Å². The molecule has 0 N–H and O–H groups in total. The molecule has 1 aliphatic heterocycles. The summed E-state index contributed by atoms with van der Waals surface area (Å²) in [5.41, 5.74) is 4.26. The minimum Gasteiger partial charge on any atom is -0.493 e. The molecule has 0 atom stereocenters. The number of pyridine rings is 2. The second-order valence-corrected chi connectivity index (χ2v) is 8.20. The molecule has 1 aromatic carbocycles. The summed E-state index contributed by atoms with van der Waals surface area (Å²) in [5, 5.41) is 10.0. The molecule has 0 fully saturated rings. The van der Waals surface area contributed by atoms with Gasteiger partial charge in [-0.2, -0.15) is 5.26 Å². The van der Waals surface area contributed by atoms with Gasteiger partial charge in [-0.25, -0.2) is 4.98 Å². The van der Waals surface area contributed by atoms with Gasteiger partial charge in [-0.15, -0.1) is 0 Å². The Labute approximate surface area is 191 Å². The van der Waals surface area contributed by atoms with Gasteiger partial charge in [0.2, 0.25) is 5.91 Å². The maximum absolute atomic E-state index is 12.9. The Morgan fingerprint density at radius 3 is 2.66 bits per heavy atom. The molecule has 0 radical (unpaired) electrons. The summed E-state index contributed by atoms with van der Waals surface area (Å²) in [7, 11) is 3.22. The molecule has 0 unspecified atom stereocenters. The Balaban J connectivity index is 1.47. The molecule has 0 bridgehead atoms. The normalized spacial score (nSPS) is 12.6. The molecule has 0 saturated carbocycles. The molecular formula is C24H22N4O3S. The zero-order valence-corrected chi connectivity index (χ0v) is 18.7. The number of rotatable bonds is 6. The van der Waals surface area contributed by atoms with Crippen LogP contribution in [0.2, 0.25) is 0 Å². The smallest absolute Gasteiger partial charge is 0.233 e. The van der Waals surface area contributed by atoms with Crippen LogP contribution < -0.4 is 9.47 Å². The average Bonchev–Trinajstić information content (AvgIpc) is 2.86. The summed E-state index contributed by atoms with van der Waals surface area (Å²) >= 11 is 1.29. The predicted molar refractivity (Wildman–Crippen MR) is 122 cm³/mol. The number of carbonyl (C=O) groups excluding carboxylic acids is 1. The third-order valence-electron chi connectivity index (χ3n) is 5.34. The fraction of sp³-hybridized carbons (Fsp3) is 0.250. The van der Waals surface area contributed by atoms with Crippen LogP contribution in [0.15, 0.2) is 53.8 Å². The van der Waals surface area contributed by atoms with Gasteiger partial charge < -0.3 is 14.4 Å². The summed E-state index contributed by atoms with van der Waals surface area (Å²) in [6.07, 6.45) is 4.18. The molecule has 2 aromatic heterocycles. The molecule has 32 heavy (non-hydrogen) atoms. The Bertz CT molecular complexity index is 1180. The monoisotopic (exact) mass is 446 g/mol. The van der Waals surface area contributed by atoms with Crippen molar-refractivity contribution in [1.29, 1.82) is 5.26 Å². The van der Waals surface area contributed by atoms with E-state index < -0.39 is 0 Å². The molecule has 8 heteroatoms. The molecule has 1 amide bonds. The number of nitriles is 1. The predicted octanol–water partition coefficient (Wildman–Crippen LogP) is 3.71. The fourth-order valence-corrected chi connectivity index (χ4v) is 4.50. The highest BCUT2D eigenvalue weighted by molar-refractivity contribution is 8.00. The molecule has 7 nitrogen and oxygen atoms in total. The van der Waals surface area contributed by atoms with Gasteiger partial charge in [0, 0.05) is 31.0 Å². The van der Waals surface area contributed by atoms with Gasteiger partial charge in [-0.1, -0.05) is 11.8 Å². The quantitative estimate of drug-likeness (QED) is 0.533. The Kier molecular flexibility index (Phi) is 6.57. The number of ether oxygens (including phenoxy) is 2. The average molecular weight is 447 g/mol. The van der Waals surface area contributed by atoms with Crippen LogP contribution in [0, 0.1) is 11.3 Å². The molecular weight excluding hydrogens is 424 g/mol. The third-order valence-corrected chi connectivity index (χ3v) is 6.32. The van der Waals surface area contributed by atoms with Crippen LogP contribution in [-0.2, 0) is 17.8 Å². The fourth-order valence-electron chi connectivity index (χ4n) is 3.63. The van der Waals surface area contributed by atoms with E-state index in [1.807, 2.05) is 29.2 Å². The maximum Gasteiger partial charge on any atom is 0.233 e. The molecule has 162 valence electrons. The Morgan fingerprint density at radius 2 is 1.97 bits per heavy atom. The molecule has 0 spiro atoms. The van der Waals surface area contributed by atoms with E-state index in [0.29, 0.717) is 35.2 Å². The van der Waals surface area contributed by atoms with Crippen molar-refractivity contribution in [2.45, 2.75) is 18.0 Å². The number of aromatic nitrogens is 2. The lowest BCUT2D eigenvalue weighted by molar-refractivity contribution is -0.129. The zero-order valence-electron chi connectivity index (χ0n) is 17.9. The van der Waals surface area contributed by atoms with Crippen LogP contribution in [-0.4, -0.2) is 47.3 Å². The summed E-state index contributed by atoms with van der Waals surface area (Å²) < 4.78 is 10.8. The number of methoxy groups -OCH3 is 2. The van der Waals surface area contributed by atoms with E-state index >= 15 is 0 Å². The second-order valence-electron chi connectivity index (χ2n) is 7.23. The van der Waals surface area contributed by atoms with Gasteiger partial charge in [-0.3, -0.25) is 9.78 Å². The van der Waals surface area contributed by atoms with E-state index in [2.05, 4.69) is 16.0 Å². The SMILES string of the molecule is COc1cc2c(cc1OC)CN(C(=O)CSc1nc(-c3cccnc3)ccc1C#N)CC2. The van der Waals surface area contributed by atoms with E-state index in [1.165, 1.54) is 11.8 Å². The number of amides is 1. The molecule has 1 aliphatic rings. The Morgan fingerprint density at radius 1 is 1.19 bits per heavy atom. The van der Waals surface area contributed by atoms with Crippen molar-refractivity contribution in [3.05, 3.63) is 65.5 Å². The zero-order chi connectivity index (χ0) is 22.5. The highest BCUT2D eigenvalue weighted by Crippen LogP contribution is 2.33. The van der Waals surface area contributed by atoms with E-state index in [9.17, 15) is 10.1 Å². The van der Waals surface area contributed by atoms with Gasteiger partial charge >= 0.3 is 0 Å². The summed E-state index contributed by atoms with van der Waals surface area (Å²) in [6, 6.07) is 13.4. The topological polar surface area (TPSA) is 88.3 Å². The first-order valence-corrected chi connectivity index (χ1v) is 11.1. The molecule has 0 aliphatic carbocycles. The van der Waals surface area contributed by atoms with E-state index in [-0.39, 0.29) is 11.7 Å². The van der Waals surface area contributed by atoms with Crippen LogP contribution in [0.4, 0.5) is 0 Å². The third kappa shape index (κ3) is 4.53. The van der Waals surface area contributed by atoms with Crippen LogP contribution >= 0.6 is 11.8 Å². The van der Waals surface area contributed by atoms with Crippen molar-refractivity contribution in [3.63, 3.8) is 0 Å². The van der Waals surface area contributed by atoms with E-state index in [1.54, 1.807) is 38.7 Å². The molecule has 3 aromatic rings. The highest BCUT2D eigenvalue weighted by Gasteiger charge is 2.23. The van der Waals surface area contributed by atoms with Crippen LogP contribution in [0.3, 0.4) is 0 Å². The summed E-state index contributed by atoms with van der Waals surface area (Å²) in [6.45, 7) is 1.15. The van der Waals surface area contributed by atoms with E-state index in [0.717, 1.165) is 28.8 Å². The van der Waals surface area contributed by atoms with Gasteiger partial charge in [0.25, 0.3) is 0 Å². The van der Waals surface area contributed by atoms with Crippen molar-refractivity contribution >= 4 is 17.7 Å². The Hall–Kier alpha value is -3.57. The summed E-state index contributed by atoms with van der Waals surface area (Å²) in [5.74, 6) is 1.57. The molecule has 0 saturated heterocycles.